The van der Waals surface area contributed by atoms with Gasteiger partial charge in [-0.2, -0.15) is 0 Å². The van der Waals surface area contributed by atoms with Crippen LogP contribution >= 0.6 is 0 Å². The van der Waals surface area contributed by atoms with Crippen LogP contribution in [0.25, 0.3) is 0 Å². The van der Waals surface area contributed by atoms with Crippen LogP contribution in [0.5, 0.6) is 5.75 Å². The molecule has 0 bridgehead atoms. The topological polar surface area (TPSA) is 66.8 Å². The highest BCUT2D eigenvalue weighted by Gasteiger charge is 2.30. The minimum atomic E-state index is -1.86. The van der Waals surface area contributed by atoms with Gasteiger partial charge in [0.1, 0.15) is 12.4 Å². The van der Waals surface area contributed by atoms with Crippen LogP contribution in [0.15, 0.2) is 24.3 Å². The van der Waals surface area contributed by atoms with E-state index in [2.05, 4.69) is 6.92 Å². The number of ether oxygens (including phenoxy) is 1. The third-order valence-corrected chi connectivity index (χ3v) is 2.72. The number of rotatable bonds is 7. The number of carboxylic acids is 1. The number of carbonyl (C=O) groups is 1. The standard InChI is InChI=1S/C14H20O4/c1-3-4-5-11-6-8-12(9-7-11)18-10-14(2,17)13(15)16/h6-9,17H,3-5,10H2,1-2H3,(H,15,16). The van der Waals surface area contributed by atoms with E-state index in [1.807, 2.05) is 12.1 Å². The van der Waals surface area contributed by atoms with E-state index in [1.54, 1.807) is 12.1 Å². The van der Waals surface area contributed by atoms with Crippen molar-refractivity contribution in [2.45, 2.75) is 38.7 Å². The van der Waals surface area contributed by atoms with E-state index in [0.717, 1.165) is 19.3 Å². The average molecular weight is 252 g/mol. The molecule has 0 aliphatic heterocycles. The quantitative estimate of drug-likeness (QED) is 0.781. The average Bonchev–Trinajstić information content (AvgIpc) is 2.35. The Morgan fingerprint density at radius 3 is 2.44 bits per heavy atom. The van der Waals surface area contributed by atoms with Gasteiger partial charge in [-0.1, -0.05) is 25.5 Å². The molecule has 0 aromatic heterocycles. The van der Waals surface area contributed by atoms with Crippen molar-refractivity contribution in [3.8, 4) is 5.75 Å². The maximum atomic E-state index is 10.7. The van der Waals surface area contributed by atoms with Crippen molar-refractivity contribution in [2.24, 2.45) is 0 Å². The van der Waals surface area contributed by atoms with Crippen LogP contribution in [0.4, 0.5) is 0 Å². The lowest BCUT2D eigenvalue weighted by Crippen LogP contribution is -2.41. The number of hydrogen-bond acceptors (Lipinski definition) is 3. The summed E-state index contributed by atoms with van der Waals surface area (Å²) in [6.07, 6.45) is 3.33. The number of unbranched alkanes of at least 4 members (excludes halogenated alkanes) is 1. The molecule has 1 unspecified atom stereocenters. The summed E-state index contributed by atoms with van der Waals surface area (Å²) in [5.74, 6) is -0.723. The molecule has 0 radical (unpaired) electrons. The highest BCUT2D eigenvalue weighted by molar-refractivity contribution is 5.76. The lowest BCUT2D eigenvalue weighted by Gasteiger charge is -2.18. The summed E-state index contributed by atoms with van der Waals surface area (Å²) in [6, 6.07) is 7.51. The van der Waals surface area contributed by atoms with Crippen LogP contribution in [-0.4, -0.2) is 28.4 Å². The van der Waals surface area contributed by atoms with Crippen molar-refractivity contribution in [3.63, 3.8) is 0 Å². The van der Waals surface area contributed by atoms with Crippen LogP contribution in [-0.2, 0) is 11.2 Å². The molecule has 1 aromatic carbocycles. The first-order valence-electron chi connectivity index (χ1n) is 6.13. The van der Waals surface area contributed by atoms with E-state index < -0.39 is 11.6 Å². The Hall–Kier alpha value is -1.55. The van der Waals surface area contributed by atoms with Gasteiger partial charge < -0.3 is 14.9 Å². The first-order chi connectivity index (χ1) is 8.45. The molecule has 0 heterocycles. The molecule has 100 valence electrons. The molecule has 0 aliphatic rings. The summed E-state index contributed by atoms with van der Waals surface area (Å²) in [4.78, 5) is 10.7. The van der Waals surface area contributed by atoms with Gasteiger partial charge in [0, 0.05) is 0 Å². The molecule has 1 atom stereocenters. The van der Waals surface area contributed by atoms with Gasteiger partial charge >= 0.3 is 5.97 Å². The van der Waals surface area contributed by atoms with E-state index >= 15 is 0 Å². The van der Waals surface area contributed by atoms with Gasteiger partial charge in [0.2, 0.25) is 0 Å². The van der Waals surface area contributed by atoms with Gasteiger partial charge in [0.15, 0.2) is 5.60 Å². The molecule has 0 saturated carbocycles. The molecule has 2 N–H and O–H groups in total. The second-order valence-corrected chi connectivity index (χ2v) is 4.62. The van der Waals surface area contributed by atoms with Gasteiger partial charge in [-0.3, -0.25) is 0 Å². The first kappa shape index (κ1) is 14.5. The van der Waals surface area contributed by atoms with Crippen molar-refractivity contribution in [3.05, 3.63) is 29.8 Å². The third kappa shape index (κ3) is 4.37. The Morgan fingerprint density at radius 2 is 1.94 bits per heavy atom. The lowest BCUT2D eigenvalue weighted by molar-refractivity contribution is -0.159. The first-order valence-corrected chi connectivity index (χ1v) is 6.13. The molecule has 0 aliphatic carbocycles. The molecule has 0 amide bonds. The van der Waals surface area contributed by atoms with E-state index in [4.69, 9.17) is 9.84 Å². The van der Waals surface area contributed by atoms with Crippen molar-refractivity contribution in [1.82, 2.24) is 0 Å². The number of benzene rings is 1. The number of aryl methyl sites for hydroxylation is 1. The molecule has 4 nitrogen and oxygen atoms in total. The second-order valence-electron chi connectivity index (χ2n) is 4.62. The van der Waals surface area contributed by atoms with Crippen molar-refractivity contribution in [2.75, 3.05) is 6.61 Å². The fraction of sp³-hybridized carbons (Fsp3) is 0.500. The minimum Gasteiger partial charge on any atom is -0.490 e. The normalized spacial score (nSPS) is 13.9. The molecule has 4 heteroatoms. The Bertz CT molecular complexity index is 381. The highest BCUT2D eigenvalue weighted by Crippen LogP contribution is 2.15. The van der Waals surface area contributed by atoms with Gasteiger partial charge in [-0.05, 0) is 37.5 Å². The van der Waals surface area contributed by atoms with Crippen LogP contribution < -0.4 is 4.74 Å². The van der Waals surface area contributed by atoms with Crippen LogP contribution in [0, 0.1) is 0 Å². The number of hydrogen-bond donors (Lipinski definition) is 2. The zero-order valence-electron chi connectivity index (χ0n) is 10.8. The summed E-state index contributed by atoms with van der Waals surface area (Å²) < 4.78 is 5.26. The maximum absolute atomic E-state index is 10.7. The summed E-state index contributed by atoms with van der Waals surface area (Å²) in [7, 11) is 0. The fourth-order valence-corrected chi connectivity index (χ4v) is 1.42. The lowest BCUT2D eigenvalue weighted by atomic mass is 10.1. The molecular formula is C14H20O4. The van der Waals surface area contributed by atoms with Gasteiger partial charge in [-0.15, -0.1) is 0 Å². The third-order valence-electron chi connectivity index (χ3n) is 2.72. The van der Waals surface area contributed by atoms with E-state index in [1.165, 1.54) is 12.5 Å². The Kier molecular flexibility index (Phi) is 5.16. The molecule has 18 heavy (non-hydrogen) atoms. The van der Waals surface area contributed by atoms with Crippen molar-refractivity contribution >= 4 is 5.97 Å². The Labute approximate surface area is 107 Å². The minimum absolute atomic E-state index is 0.267. The van der Waals surface area contributed by atoms with Crippen LogP contribution in [0.2, 0.25) is 0 Å². The molecular weight excluding hydrogens is 232 g/mol. The van der Waals surface area contributed by atoms with Crippen LogP contribution in [0.3, 0.4) is 0 Å². The highest BCUT2D eigenvalue weighted by atomic mass is 16.5. The summed E-state index contributed by atoms with van der Waals surface area (Å²) in [5.41, 5.74) is -0.630. The van der Waals surface area contributed by atoms with Crippen molar-refractivity contribution in [1.29, 1.82) is 0 Å². The number of aliphatic carboxylic acids is 1. The second kappa shape index (κ2) is 6.40. The predicted octanol–water partition coefficient (Wildman–Crippen LogP) is 2.24. The smallest absolute Gasteiger partial charge is 0.339 e. The van der Waals surface area contributed by atoms with Gasteiger partial charge in [0.25, 0.3) is 0 Å². The summed E-state index contributed by atoms with van der Waals surface area (Å²) in [6.45, 7) is 3.09. The number of carboxylic acid groups (broad SMARTS) is 1. The molecule has 0 spiro atoms. The maximum Gasteiger partial charge on any atom is 0.339 e. The fourth-order valence-electron chi connectivity index (χ4n) is 1.42. The zero-order valence-corrected chi connectivity index (χ0v) is 10.8. The van der Waals surface area contributed by atoms with Gasteiger partial charge in [-0.25, -0.2) is 4.79 Å². The largest absolute Gasteiger partial charge is 0.490 e. The van der Waals surface area contributed by atoms with Crippen molar-refractivity contribution < 1.29 is 19.7 Å². The Balaban J connectivity index is 2.51. The van der Waals surface area contributed by atoms with Crippen LogP contribution in [0.1, 0.15) is 32.3 Å². The van der Waals surface area contributed by atoms with E-state index in [-0.39, 0.29) is 6.61 Å². The summed E-state index contributed by atoms with van der Waals surface area (Å²) >= 11 is 0. The molecule has 1 rings (SSSR count). The van der Waals surface area contributed by atoms with E-state index in [0.29, 0.717) is 5.75 Å². The summed E-state index contributed by atoms with van der Waals surface area (Å²) in [5, 5.41) is 18.2. The Morgan fingerprint density at radius 1 is 1.33 bits per heavy atom. The monoisotopic (exact) mass is 252 g/mol. The molecule has 1 aromatic rings. The zero-order chi connectivity index (χ0) is 13.6. The molecule has 0 fully saturated rings. The van der Waals surface area contributed by atoms with Gasteiger partial charge in [0.05, 0.1) is 0 Å². The molecule has 0 saturated heterocycles. The van der Waals surface area contributed by atoms with E-state index in [9.17, 15) is 9.90 Å². The SMILES string of the molecule is CCCCc1ccc(OCC(C)(O)C(=O)O)cc1. The number of aliphatic hydroxyl groups is 1. The predicted molar refractivity (Wildman–Crippen MR) is 68.8 cm³/mol.